The third-order valence-corrected chi connectivity index (χ3v) is 7.15. The van der Waals surface area contributed by atoms with Gasteiger partial charge in [0.25, 0.3) is 5.91 Å². The lowest BCUT2D eigenvalue weighted by atomic mass is 9.79. The van der Waals surface area contributed by atoms with E-state index in [0.717, 1.165) is 48.8 Å². The zero-order valence-electron chi connectivity index (χ0n) is 19.9. The van der Waals surface area contributed by atoms with E-state index in [0.29, 0.717) is 12.1 Å². The van der Waals surface area contributed by atoms with Gasteiger partial charge < -0.3 is 19.9 Å². The summed E-state index contributed by atoms with van der Waals surface area (Å²) in [5.41, 5.74) is 2.32. The molecular formula is C27H35N3O3. The van der Waals surface area contributed by atoms with Gasteiger partial charge in [-0.05, 0) is 74.1 Å². The Labute approximate surface area is 196 Å². The number of hydrogen-bond donors (Lipinski definition) is 1. The van der Waals surface area contributed by atoms with Crippen LogP contribution >= 0.6 is 0 Å². The molecule has 33 heavy (non-hydrogen) atoms. The Kier molecular flexibility index (Phi) is 7.33. The van der Waals surface area contributed by atoms with Gasteiger partial charge in [0, 0.05) is 19.2 Å². The molecule has 1 N–H and O–H groups in total. The molecule has 4 rings (SSSR count). The van der Waals surface area contributed by atoms with Crippen LogP contribution in [0.15, 0.2) is 48.5 Å². The van der Waals surface area contributed by atoms with Crippen molar-refractivity contribution >= 4 is 11.8 Å². The second kappa shape index (κ2) is 10.4. The highest BCUT2D eigenvalue weighted by atomic mass is 16.5. The summed E-state index contributed by atoms with van der Waals surface area (Å²) in [7, 11) is 3.41. The number of benzene rings is 2. The maximum absolute atomic E-state index is 13.5. The van der Waals surface area contributed by atoms with E-state index in [1.807, 2.05) is 48.5 Å². The molecule has 0 aromatic heterocycles. The second-order valence-corrected chi connectivity index (χ2v) is 9.37. The summed E-state index contributed by atoms with van der Waals surface area (Å²) >= 11 is 0. The number of likely N-dealkylation sites (tertiary alicyclic amines) is 1. The predicted molar refractivity (Wildman–Crippen MR) is 129 cm³/mol. The van der Waals surface area contributed by atoms with E-state index in [-0.39, 0.29) is 17.9 Å². The monoisotopic (exact) mass is 449 g/mol. The quantitative estimate of drug-likeness (QED) is 0.653. The number of likely N-dealkylation sites (N-methyl/N-ethyl adjacent to an activating group) is 1. The van der Waals surface area contributed by atoms with Gasteiger partial charge in [-0.15, -0.1) is 0 Å². The van der Waals surface area contributed by atoms with Crippen molar-refractivity contribution in [3.05, 3.63) is 65.2 Å². The molecule has 0 spiro atoms. The summed E-state index contributed by atoms with van der Waals surface area (Å²) in [6, 6.07) is 14.8. The number of rotatable bonds is 7. The van der Waals surface area contributed by atoms with Crippen LogP contribution in [0.2, 0.25) is 0 Å². The summed E-state index contributed by atoms with van der Waals surface area (Å²) in [6.45, 7) is 6.26. The molecule has 0 radical (unpaired) electrons. The Balaban J connectivity index is 1.50. The topological polar surface area (TPSA) is 61.9 Å². The first kappa shape index (κ1) is 23.3. The predicted octanol–water partition coefficient (Wildman–Crippen LogP) is 3.84. The lowest BCUT2D eigenvalue weighted by Gasteiger charge is -2.39. The largest absolute Gasteiger partial charge is 0.497 e. The minimum absolute atomic E-state index is 0.0325. The summed E-state index contributed by atoms with van der Waals surface area (Å²) in [6.07, 6.45) is 3.45. The molecular weight excluding hydrogens is 414 g/mol. The molecule has 0 saturated carbocycles. The Bertz CT molecular complexity index is 967. The van der Waals surface area contributed by atoms with E-state index in [9.17, 15) is 9.59 Å². The summed E-state index contributed by atoms with van der Waals surface area (Å²) in [4.78, 5) is 30.8. The van der Waals surface area contributed by atoms with Gasteiger partial charge in [-0.25, -0.2) is 0 Å². The van der Waals surface area contributed by atoms with Crippen LogP contribution < -0.4 is 10.1 Å². The fraction of sp³-hybridized carbons (Fsp3) is 0.481. The molecule has 2 atom stereocenters. The molecule has 6 heteroatoms. The average molecular weight is 450 g/mol. The molecule has 176 valence electrons. The molecule has 6 nitrogen and oxygen atoms in total. The Hall–Kier alpha value is -2.86. The number of hydrogen-bond acceptors (Lipinski definition) is 4. The van der Waals surface area contributed by atoms with Crippen LogP contribution in [0.1, 0.15) is 59.6 Å². The maximum atomic E-state index is 13.5. The van der Waals surface area contributed by atoms with E-state index in [1.165, 1.54) is 12.8 Å². The first-order chi connectivity index (χ1) is 16.0. The minimum Gasteiger partial charge on any atom is -0.497 e. The maximum Gasteiger partial charge on any atom is 0.254 e. The number of ether oxygens (including phenoxy) is 1. The molecule has 2 aromatic carbocycles. The normalized spacial score (nSPS) is 21.5. The summed E-state index contributed by atoms with van der Waals surface area (Å²) in [5.74, 6) is 1.01. The Morgan fingerprint density at radius 2 is 1.79 bits per heavy atom. The Morgan fingerprint density at radius 3 is 2.48 bits per heavy atom. The van der Waals surface area contributed by atoms with Crippen molar-refractivity contribution in [2.45, 2.75) is 38.1 Å². The van der Waals surface area contributed by atoms with Gasteiger partial charge in [0.15, 0.2) is 0 Å². The van der Waals surface area contributed by atoms with Crippen LogP contribution in [0.25, 0.3) is 0 Å². The van der Waals surface area contributed by atoms with Crippen molar-refractivity contribution in [2.75, 3.05) is 40.3 Å². The van der Waals surface area contributed by atoms with Crippen molar-refractivity contribution in [1.29, 1.82) is 0 Å². The van der Waals surface area contributed by atoms with Crippen LogP contribution in [0, 0.1) is 5.92 Å². The lowest BCUT2D eigenvalue weighted by molar-refractivity contribution is -0.124. The first-order valence-electron chi connectivity index (χ1n) is 12.0. The van der Waals surface area contributed by atoms with Gasteiger partial charge in [-0.2, -0.15) is 0 Å². The van der Waals surface area contributed by atoms with Crippen LogP contribution in [-0.2, 0) is 4.79 Å². The second-order valence-electron chi connectivity index (χ2n) is 9.37. The highest BCUT2D eigenvalue weighted by Crippen LogP contribution is 2.42. The molecule has 0 bridgehead atoms. The molecule has 0 aliphatic carbocycles. The van der Waals surface area contributed by atoms with Gasteiger partial charge in [0.2, 0.25) is 5.91 Å². The van der Waals surface area contributed by atoms with Gasteiger partial charge in [0.1, 0.15) is 5.75 Å². The van der Waals surface area contributed by atoms with Crippen LogP contribution in [-0.4, -0.2) is 62.0 Å². The zero-order chi connectivity index (χ0) is 23.4. The number of carbonyl (C=O) groups excluding carboxylic acids is 2. The molecule has 2 aliphatic rings. The van der Waals surface area contributed by atoms with Crippen molar-refractivity contribution < 1.29 is 14.3 Å². The summed E-state index contributed by atoms with van der Waals surface area (Å²) in [5, 5.41) is 3.17. The van der Waals surface area contributed by atoms with E-state index in [2.05, 4.69) is 17.1 Å². The van der Waals surface area contributed by atoms with Crippen molar-refractivity contribution in [3.8, 4) is 5.75 Å². The minimum atomic E-state index is -0.465. The fourth-order valence-corrected chi connectivity index (χ4v) is 5.08. The number of methoxy groups -OCH3 is 1. The number of piperidine rings is 1. The van der Waals surface area contributed by atoms with Crippen LogP contribution in [0.4, 0.5) is 0 Å². The van der Waals surface area contributed by atoms with Crippen molar-refractivity contribution in [3.63, 3.8) is 0 Å². The van der Waals surface area contributed by atoms with Crippen LogP contribution in [0.3, 0.4) is 0 Å². The van der Waals surface area contributed by atoms with Gasteiger partial charge in [0.05, 0.1) is 19.1 Å². The molecule has 2 aliphatic heterocycles. The van der Waals surface area contributed by atoms with Gasteiger partial charge in [-0.3, -0.25) is 9.59 Å². The molecule has 1 fully saturated rings. The number of nitrogens with one attached hydrogen (secondary N) is 1. The average Bonchev–Trinajstić information content (AvgIpc) is 2.85. The number of nitrogens with zero attached hydrogens (tertiary/aromatic N) is 2. The van der Waals surface area contributed by atoms with Crippen LogP contribution in [0.5, 0.6) is 5.75 Å². The van der Waals surface area contributed by atoms with E-state index >= 15 is 0 Å². The first-order valence-corrected chi connectivity index (χ1v) is 12.0. The molecule has 2 aromatic rings. The molecule has 2 heterocycles. The van der Waals surface area contributed by atoms with E-state index < -0.39 is 5.92 Å². The third kappa shape index (κ3) is 5.06. The zero-order valence-corrected chi connectivity index (χ0v) is 19.9. The van der Waals surface area contributed by atoms with Crippen molar-refractivity contribution in [1.82, 2.24) is 15.1 Å². The highest BCUT2D eigenvalue weighted by Gasteiger charge is 2.42. The highest BCUT2D eigenvalue weighted by molar-refractivity contribution is 6.01. The summed E-state index contributed by atoms with van der Waals surface area (Å²) < 4.78 is 5.29. The van der Waals surface area contributed by atoms with E-state index in [1.54, 1.807) is 19.1 Å². The lowest BCUT2D eigenvalue weighted by Crippen LogP contribution is -2.46. The SMILES string of the molecule is COc1ccc([C@@H]2[C@H](C(=O)NCCCN3CCC(C)CC3)c3ccccc3C(=O)N2C)cc1. The fourth-order valence-electron chi connectivity index (χ4n) is 5.08. The standard InChI is InChI=1S/C27H35N3O3/c1-19-13-17-30(18-14-19)16-6-15-28-26(31)24-22-7-4-5-8-23(22)27(32)29(2)25(24)20-9-11-21(33-3)12-10-20/h4-5,7-12,19,24-25H,6,13-18H2,1-3H3,(H,28,31)/t24-,25-/m1/s1. The number of fused-ring (bicyclic) bond motifs is 1. The molecule has 2 amide bonds. The molecule has 1 saturated heterocycles. The van der Waals surface area contributed by atoms with E-state index in [4.69, 9.17) is 4.74 Å². The molecule has 0 unspecified atom stereocenters. The van der Waals surface area contributed by atoms with Gasteiger partial charge >= 0.3 is 0 Å². The number of amides is 2. The Morgan fingerprint density at radius 1 is 1.09 bits per heavy atom. The number of carbonyl (C=O) groups is 2. The van der Waals surface area contributed by atoms with Crippen molar-refractivity contribution in [2.24, 2.45) is 5.92 Å². The third-order valence-electron chi connectivity index (χ3n) is 7.15. The van der Waals surface area contributed by atoms with Gasteiger partial charge in [-0.1, -0.05) is 37.3 Å². The smallest absolute Gasteiger partial charge is 0.254 e.